The summed E-state index contributed by atoms with van der Waals surface area (Å²) in [6, 6.07) is 7.04. The summed E-state index contributed by atoms with van der Waals surface area (Å²) >= 11 is 0. The Bertz CT molecular complexity index is 1420. The van der Waals surface area contributed by atoms with E-state index >= 15 is 0 Å². The molecule has 3 aliphatic rings. The van der Waals surface area contributed by atoms with Crippen molar-refractivity contribution in [1.82, 2.24) is 21.0 Å². The highest BCUT2D eigenvalue weighted by Gasteiger charge is 2.52. The second kappa shape index (κ2) is 9.33. The quantitative estimate of drug-likeness (QED) is 0.342. The fourth-order valence-corrected chi connectivity index (χ4v) is 4.79. The Balaban J connectivity index is 1.38. The minimum atomic E-state index is -2.89. The zero-order valence-corrected chi connectivity index (χ0v) is 20.9. The lowest BCUT2D eigenvalue weighted by atomic mass is 9.78. The number of halogens is 2. The van der Waals surface area contributed by atoms with Crippen LogP contribution < -0.4 is 21.8 Å². The zero-order valence-electron chi connectivity index (χ0n) is 20.9. The van der Waals surface area contributed by atoms with Crippen LogP contribution in [0.15, 0.2) is 58.9 Å². The Morgan fingerprint density at radius 2 is 1.84 bits per heavy atom. The first kappa shape index (κ1) is 25.5. The van der Waals surface area contributed by atoms with Gasteiger partial charge in [0.2, 0.25) is 11.8 Å². The van der Waals surface area contributed by atoms with Crippen molar-refractivity contribution in [2.75, 3.05) is 7.05 Å². The van der Waals surface area contributed by atoms with Crippen LogP contribution in [0, 0.1) is 12.3 Å². The molecule has 198 valence electrons. The van der Waals surface area contributed by atoms with Crippen molar-refractivity contribution in [1.29, 1.82) is 0 Å². The van der Waals surface area contributed by atoms with Gasteiger partial charge < -0.3 is 20.4 Å². The van der Waals surface area contributed by atoms with Crippen molar-refractivity contribution in [2.24, 2.45) is 5.84 Å². The summed E-state index contributed by atoms with van der Waals surface area (Å²) in [5.41, 5.74) is 0.628. The third-order valence-corrected chi connectivity index (χ3v) is 7.38. The molecule has 2 aromatic rings. The predicted molar refractivity (Wildman–Crippen MR) is 139 cm³/mol. The van der Waals surface area contributed by atoms with Crippen LogP contribution in [0.25, 0.3) is 16.5 Å². The van der Waals surface area contributed by atoms with Crippen LogP contribution in [0.5, 0.6) is 0 Å². The monoisotopic (exact) mass is 521 g/mol. The van der Waals surface area contributed by atoms with Crippen molar-refractivity contribution < 1.29 is 22.8 Å². The first-order valence-corrected chi connectivity index (χ1v) is 12.4. The number of furan rings is 1. The summed E-state index contributed by atoms with van der Waals surface area (Å²) in [6.07, 6.45) is 12.6. The molecule has 5 rings (SSSR count). The molecule has 0 bridgehead atoms. The summed E-state index contributed by atoms with van der Waals surface area (Å²) in [5, 5.41) is 10.6. The van der Waals surface area contributed by atoms with E-state index in [1.54, 1.807) is 31.6 Å². The van der Waals surface area contributed by atoms with Gasteiger partial charge in [-0.3, -0.25) is 14.6 Å². The Morgan fingerprint density at radius 3 is 2.47 bits per heavy atom. The first-order chi connectivity index (χ1) is 18.1. The molecule has 10 heteroatoms. The van der Waals surface area contributed by atoms with E-state index in [-0.39, 0.29) is 18.6 Å². The molecule has 0 radical (unpaired) electrons. The molecule has 0 saturated heterocycles. The van der Waals surface area contributed by atoms with Gasteiger partial charge >= 0.3 is 0 Å². The maximum atomic E-state index is 14.0. The molecule has 5 N–H and O–H groups in total. The van der Waals surface area contributed by atoms with Crippen molar-refractivity contribution in [3.8, 4) is 12.3 Å². The van der Waals surface area contributed by atoms with E-state index < -0.39 is 41.7 Å². The number of benzene rings is 1. The number of hydrogen-bond acceptors (Lipinski definition) is 6. The van der Waals surface area contributed by atoms with Crippen LogP contribution >= 0.6 is 0 Å². The lowest BCUT2D eigenvalue weighted by Gasteiger charge is -2.39. The van der Waals surface area contributed by atoms with Crippen LogP contribution in [-0.2, 0) is 4.79 Å². The van der Waals surface area contributed by atoms with E-state index in [4.69, 9.17) is 16.7 Å². The number of fused-ring (bicyclic) bond motifs is 1. The smallest absolute Gasteiger partial charge is 0.287 e. The normalized spacial score (nSPS) is 21.9. The zero-order chi connectivity index (χ0) is 27.1. The molecule has 1 aromatic carbocycles. The van der Waals surface area contributed by atoms with Gasteiger partial charge in [0.05, 0.1) is 5.70 Å². The Morgan fingerprint density at radius 1 is 1.11 bits per heavy atom. The molecule has 8 nitrogen and oxygen atoms in total. The fourth-order valence-electron chi connectivity index (χ4n) is 4.79. The number of carbonyl (C=O) groups is 2. The number of nitrogens with two attached hydrogens (primary N) is 1. The molecule has 2 aliphatic carbocycles. The average Bonchev–Trinajstić information content (AvgIpc) is 3.53. The maximum absolute atomic E-state index is 14.0. The molecular formula is C28H29F2N5O3. The van der Waals surface area contributed by atoms with Crippen LogP contribution in [0.2, 0.25) is 0 Å². The standard InChI is InChI=1S/C28H29F2N5O3/c1-3-26(8-9-26)34-25(37)27(10-12-28(29,30)13-11-27)33-24(36)23-15-19-5-4-18(14-22(19)38-23)20-6-7-21(16-32-2)35(31)17-20/h1,4-7,14-17,32H,8-13,31H2,2H3,(H,33,36)(H,34,37)/b21-16-. The van der Waals surface area contributed by atoms with Crippen LogP contribution in [-0.4, -0.2) is 40.9 Å². The molecule has 38 heavy (non-hydrogen) atoms. The fraction of sp³-hybridized carbons (Fsp3) is 0.357. The van der Waals surface area contributed by atoms with Crippen molar-refractivity contribution in [3.05, 3.63) is 65.8 Å². The maximum Gasteiger partial charge on any atom is 0.287 e. The van der Waals surface area contributed by atoms with Gasteiger partial charge in [0, 0.05) is 37.7 Å². The summed E-state index contributed by atoms with van der Waals surface area (Å²) < 4.78 is 33.8. The molecule has 2 fully saturated rings. The van der Waals surface area contributed by atoms with Gasteiger partial charge in [0.25, 0.3) is 5.91 Å². The number of carbonyl (C=O) groups excluding carboxylic acids is 2. The highest BCUT2D eigenvalue weighted by Crippen LogP contribution is 2.41. The van der Waals surface area contributed by atoms with Gasteiger partial charge in [-0.05, 0) is 55.0 Å². The van der Waals surface area contributed by atoms with Crippen LogP contribution in [0.4, 0.5) is 8.78 Å². The topological polar surface area (TPSA) is 113 Å². The molecule has 2 saturated carbocycles. The highest BCUT2D eigenvalue weighted by molar-refractivity contribution is 6.00. The predicted octanol–water partition coefficient (Wildman–Crippen LogP) is 3.54. The minimum Gasteiger partial charge on any atom is -0.451 e. The van der Waals surface area contributed by atoms with Crippen LogP contribution in [0.3, 0.4) is 0 Å². The number of amides is 2. The minimum absolute atomic E-state index is 0.0207. The van der Waals surface area contributed by atoms with Crippen molar-refractivity contribution in [3.63, 3.8) is 0 Å². The third-order valence-electron chi connectivity index (χ3n) is 7.38. The summed E-state index contributed by atoms with van der Waals surface area (Å²) in [6.45, 7) is 0. The van der Waals surface area contributed by atoms with E-state index in [9.17, 15) is 18.4 Å². The lowest BCUT2D eigenvalue weighted by Crippen LogP contribution is -2.62. The SMILES string of the molecule is C#CC1(NC(=O)C2(NC(=O)c3cc4ccc(C5=CN(N)/C(=C\NC)C=C5)cc4o3)CCC(F)(F)CC2)CC1. The number of alkyl halides is 2. The number of hydrazine groups is 1. The highest BCUT2D eigenvalue weighted by atomic mass is 19.3. The largest absolute Gasteiger partial charge is 0.451 e. The molecule has 2 heterocycles. The molecular weight excluding hydrogens is 492 g/mol. The molecule has 0 unspecified atom stereocenters. The van der Waals surface area contributed by atoms with E-state index in [2.05, 4.69) is 21.9 Å². The van der Waals surface area contributed by atoms with Gasteiger partial charge in [0.1, 0.15) is 16.7 Å². The van der Waals surface area contributed by atoms with Crippen LogP contribution in [0.1, 0.15) is 54.6 Å². The van der Waals surface area contributed by atoms with Crippen molar-refractivity contribution >= 4 is 28.4 Å². The molecule has 2 amide bonds. The Labute approximate surface area is 218 Å². The summed E-state index contributed by atoms with van der Waals surface area (Å²) in [7, 11) is 1.78. The molecule has 0 spiro atoms. The van der Waals surface area contributed by atoms with Crippen molar-refractivity contribution in [2.45, 2.75) is 55.5 Å². The Kier molecular flexibility index (Phi) is 6.27. The van der Waals surface area contributed by atoms with E-state index in [0.29, 0.717) is 23.8 Å². The number of hydrogen-bond donors (Lipinski definition) is 4. The number of terminal acetylenes is 1. The number of rotatable bonds is 6. The van der Waals surface area contributed by atoms with Gasteiger partial charge in [0.15, 0.2) is 5.76 Å². The first-order valence-electron chi connectivity index (χ1n) is 12.4. The second-order valence-corrected chi connectivity index (χ2v) is 10.1. The van der Waals surface area contributed by atoms with E-state index in [1.165, 1.54) is 5.01 Å². The van der Waals surface area contributed by atoms with Gasteiger partial charge in [-0.1, -0.05) is 24.1 Å². The molecule has 0 atom stereocenters. The number of nitrogens with one attached hydrogen (secondary N) is 3. The van der Waals surface area contributed by atoms with E-state index in [0.717, 1.165) is 16.8 Å². The summed E-state index contributed by atoms with van der Waals surface area (Å²) in [5.74, 6) is 4.54. The Hall–Kier alpha value is -4.10. The lowest BCUT2D eigenvalue weighted by molar-refractivity contribution is -0.133. The second-order valence-electron chi connectivity index (χ2n) is 10.1. The van der Waals surface area contributed by atoms with Gasteiger partial charge in [-0.25, -0.2) is 14.6 Å². The number of nitrogens with zero attached hydrogens (tertiary/aromatic N) is 1. The van der Waals surface area contributed by atoms with Gasteiger partial charge in [-0.2, -0.15) is 0 Å². The third kappa shape index (κ3) is 4.89. The van der Waals surface area contributed by atoms with Gasteiger partial charge in [-0.15, -0.1) is 6.42 Å². The number of allylic oxidation sites excluding steroid dienone is 3. The molecule has 1 aliphatic heterocycles. The van der Waals surface area contributed by atoms with E-state index in [1.807, 2.05) is 24.3 Å². The molecule has 1 aromatic heterocycles. The average molecular weight is 522 g/mol. The summed E-state index contributed by atoms with van der Waals surface area (Å²) in [4.78, 5) is 26.5.